The molecular formula is C57H110O6. The molecule has 0 saturated heterocycles. The summed E-state index contributed by atoms with van der Waals surface area (Å²) in [5, 5.41) is 0. The lowest BCUT2D eigenvalue weighted by Gasteiger charge is -2.18. The predicted octanol–water partition coefficient (Wildman–Crippen LogP) is 18.6. The summed E-state index contributed by atoms with van der Waals surface area (Å²) in [4.78, 5) is 38.1. The third-order valence-corrected chi connectivity index (χ3v) is 13.0. The van der Waals surface area contributed by atoms with Gasteiger partial charge in [-0.15, -0.1) is 0 Å². The van der Waals surface area contributed by atoms with Gasteiger partial charge in [-0.25, -0.2) is 0 Å². The Morgan fingerprint density at radius 3 is 0.778 bits per heavy atom. The van der Waals surface area contributed by atoms with Crippen molar-refractivity contribution in [1.82, 2.24) is 0 Å². The van der Waals surface area contributed by atoms with E-state index >= 15 is 0 Å². The van der Waals surface area contributed by atoms with Gasteiger partial charge in [-0.05, 0) is 25.2 Å². The fraction of sp³-hybridized carbons (Fsp3) is 0.947. The number of rotatable bonds is 52. The number of ether oxygens (including phenoxy) is 3. The van der Waals surface area contributed by atoms with Crippen molar-refractivity contribution in [3.63, 3.8) is 0 Å². The summed E-state index contributed by atoms with van der Waals surface area (Å²) in [5.74, 6) is 0.00182. The molecule has 0 rings (SSSR count). The van der Waals surface area contributed by atoms with Crippen LogP contribution in [0, 0.1) is 5.92 Å². The van der Waals surface area contributed by atoms with E-state index in [4.69, 9.17) is 14.2 Å². The van der Waals surface area contributed by atoms with Crippen LogP contribution in [0.25, 0.3) is 0 Å². The Labute approximate surface area is 393 Å². The Morgan fingerprint density at radius 1 is 0.302 bits per heavy atom. The number of carbonyl (C=O) groups is 3. The molecule has 0 bridgehead atoms. The van der Waals surface area contributed by atoms with Gasteiger partial charge < -0.3 is 14.2 Å². The van der Waals surface area contributed by atoms with Crippen LogP contribution in [-0.4, -0.2) is 37.2 Å². The molecule has 0 aromatic heterocycles. The standard InChI is InChI=1S/C57H110O6/c1-5-7-9-11-13-15-17-19-20-21-25-29-33-37-41-45-49-56(59)62-52-54(51-61-55(58)48-44-40-36-32-28-23-18-16-14-12-10-8-6-2)63-57(60)50-46-42-38-34-30-26-22-24-27-31-35-39-43-47-53(3)4/h53-54H,5-52H2,1-4H3/t54-/m0/s1. The fourth-order valence-electron chi connectivity index (χ4n) is 8.75. The first-order chi connectivity index (χ1) is 30.9. The van der Waals surface area contributed by atoms with Crippen LogP contribution in [0.3, 0.4) is 0 Å². The first-order valence-electron chi connectivity index (χ1n) is 28.4. The van der Waals surface area contributed by atoms with Gasteiger partial charge in [0.25, 0.3) is 0 Å². The molecule has 0 amide bonds. The van der Waals surface area contributed by atoms with E-state index in [1.807, 2.05) is 0 Å². The van der Waals surface area contributed by atoms with Crippen LogP contribution in [0.1, 0.15) is 323 Å². The molecule has 6 nitrogen and oxygen atoms in total. The Morgan fingerprint density at radius 2 is 0.524 bits per heavy atom. The van der Waals surface area contributed by atoms with Gasteiger partial charge in [0.05, 0.1) is 0 Å². The Hall–Kier alpha value is -1.59. The number of hydrogen-bond acceptors (Lipinski definition) is 6. The van der Waals surface area contributed by atoms with Gasteiger partial charge in [0.1, 0.15) is 13.2 Å². The van der Waals surface area contributed by atoms with Gasteiger partial charge >= 0.3 is 17.9 Å². The van der Waals surface area contributed by atoms with Crippen LogP contribution < -0.4 is 0 Å². The van der Waals surface area contributed by atoms with Crippen molar-refractivity contribution in [2.45, 2.75) is 329 Å². The Bertz CT molecular complexity index is 949. The van der Waals surface area contributed by atoms with Gasteiger partial charge in [0.2, 0.25) is 0 Å². The topological polar surface area (TPSA) is 78.9 Å². The maximum absolute atomic E-state index is 12.8. The molecule has 0 aliphatic carbocycles. The summed E-state index contributed by atoms with van der Waals surface area (Å²) in [6, 6.07) is 0. The molecule has 0 spiro atoms. The number of carbonyl (C=O) groups excluding carboxylic acids is 3. The van der Waals surface area contributed by atoms with Gasteiger partial charge in [0.15, 0.2) is 6.10 Å². The summed E-state index contributed by atoms with van der Waals surface area (Å²) in [5.41, 5.74) is 0. The second-order valence-corrected chi connectivity index (χ2v) is 20.1. The molecule has 6 heteroatoms. The van der Waals surface area contributed by atoms with Crippen molar-refractivity contribution < 1.29 is 28.6 Å². The zero-order valence-electron chi connectivity index (χ0n) is 43.0. The monoisotopic (exact) mass is 891 g/mol. The van der Waals surface area contributed by atoms with Crippen molar-refractivity contribution in [3.05, 3.63) is 0 Å². The lowest BCUT2D eigenvalue weighted by Crippen LogP contribution is -2.30. The smallest absolute Gasteiger partial charge is 0.306 e. The molecule has 0 aliphatic rings. The van der Waals surface area contributed by atoms with E-state index in [-0.39, 0.29) is 31.1 Å². The van der Waals surface area contributed by atoms with E-state index in [2.05, 4.69) is 27.7 Å². The minimum atomic E-state index is -0.761. The molecule has 374 valence electrons. The molecule has 0 fully saturated rings. The van der Waals surface area contributed by atoms with E-state index in [0.29, 0.717) is 19.3 Å². The van der Waals surface area contributed by atoms with E-state index in [1.54, 1.807) is 0 Å². The van der Waals surface area contributed by atoms with Gasteiger partial charge in [-0.2, -0.15) is 0 Å². The van der Waals surface area contributed by atoms with Crippen molar-refractivity contribution in [3.8, 4) is 0 Å². The van der Waals surface area contributed by atoms with E-state index in [9.17, 15) is 14.4 Å². The number of esters is 3. The van der Waals surface area contributed by atoms with E-state index in [1.165, 1.54) is 218 Å². The quantitative estimate of drug-likeness (QED) is 0.0344. The van der Waals surface area contributed by atoms with E-state index < -0.39 is 6.10 Å². The van der Waals surface area contributed by atoms with Crippen molar-refractivity contribution in [2.75, 3.05) is 13.2 Å². The van der Waals surface area contributed by atoms with E-state index in [0.717, 1.165) is 63.7 Å². The summed E-state index contributed by atoms with van der Waals surface area (Å²) in [6.07, 6.45) is 55.1. The minimum Gasteiger partial charge on any atom is -0.462 e. The molecule has 0 aliphatic heterocycles. The average Bonchev–Trinajstić information content (AvgIpc) is 3.27. The van der Waals surface area contributed by atoms with Crippen molar-refractivity contribution >= 4 is 17.9 Å². The molecule has 0 unspecified atom stereocenters. The van der Waals surface area contributed by atoms with Gasteiger partial charge in [0, 0.05) is 19.3 Å². The fourth-order valence-corrected chi connectivity index (χ4v) is 8.75. The predicted molar refractivity (Wildman–Crippen MR) is 270 cm³/mol. The second-order valence-electron chi connectivity index (χ2n) is 20.1. The minimum absolute atomic E-state index is 0.0619. The molecule has 0 aromatic rings. The lowest BCUT2D eigenvalue weighted by atomic mass is 10.0. The third kappa shape index (κ3) is 51.3. The summed E-state index contributed by atoms with van der Waals surface area (Å²) in [7, 11) is 0. The molecule has 63 heavy (non-hydrogen) atoms. The summed E-state index contributed by atoms with van der Waals surface area (Å²) in [6.45, 7) is 9.06. The summed E-state index contributed by atoms with van der Waals surface area (Å²) < 4.78 is 16.9. The van der Waals surface area contributed by atoms with Gasteiger partial charge in [-0.3, -0.25) is 14.4 Å². The van der Waals surface area contributed by atoms with Crippen molar-refractivity contribution in [1.29, 1.82) is 0 Å². The van der Waals surface area contributed by atoms with Crippen LogP contribution in [0.5, 0.6) is 0 Å². The molecule has 0 aromatic carbocycles. The second kappa shape index (κ2) is 51.4. The molecule has 0 saturated carbocycles. The number of hydrogen-bond donors (Lipinski definition) is 0. The number of unbranched alkanes of at least 4 members (excludes halogenated alkanes) is 39. The first-order valence-corrected chi connectivity index (χ1v) is 28.4. The van der Waals surface area contributed by atoms with Crippen LogP contribution in [0.4, 0.5) is 0 Å². The Kier molecular flexibility index (Phi) is 50.1. The molecule has 1 atom stereocenters. The zero-order valence-corrected chi connectivity index (χ0v) is 43.0. The molecule has 0 heterocycles. The first kappa shape index (κ1) is 61.4. The third-order valence-electron chi connectivity index (χ3n) is 13.0. The molecular weight excluding hydrogens is 781 g/mol. The van der Waals surface area contributed by atoms with Crippen LogP contribution in [0.15, 0.2) is 0 Å². The highest BCUT2D eigenvalue weighted by atomic mass is 16.6. The van der Waals surface area contributed by atoms with Crippen LogP contribution in [-0.2, 0) is 28.6 Å². The normalized spacial score (nSPS) is 12.0. The molecule has 0 radical (unpaired) electrons. The SMILES string of the molecule is CCCCCCCCCCCCCCCCCCC(=O)OC[C@H](COC(=O)CCCCCCCCCCCCCCC)OC(=O)CCCCCCCCCCCCCCCC(C)C. The lowest BCUT2D eigenvalue weighted by molar-refractivity contribution is -0.167. The molecule has 0 N–H and O–H groups in total. The van der Waals surface area contributed by atoms with Crippen molar-refractivity contribution in [2.24, 2.45) is 5.92 Å². The largest absolute Gasteiger partial charge is 0.462 e. The highest BCUT2D eigenvalue weighted by Crippen LogP contribution is 2.18. The van der Waals surface area contributed by atoms with Crippen LogP contribution >= 0.6 is 0 Å². The highest BCUT2D eigenvalue weighted by molar-refractivity contribution is 5.71. The Balaban J connectivity index is 4.30. The zero-order chi connectivity index (χ0) is 45.9. The maximum Gasteiger partial charge on any atom is 0.306 e. The van der Waals surface area contributed by atoms with Gasteiger partial charge in [-0.1, -0.05) is 285 Å². The summed E-state index contributed by atoms with van der Waals surface area (Å²) >= 11 is 0. The average molecular weight is 892 g/mol. The maximum atomic E-state index is 12.8. The highest BCUT2D eigenvalue weighted by Gasteiger charge is 2.19. The van der Waals surface area contributed by atoms with Crippen LogP contribution in [0.2, 0.25) is 0 Å².